The molecule has 0 atom stereocenters. The van der Waals surface area contributed by atoms with Gasteiger partial charge in [0.2, 0.25) is 10.0 Å². The molecule has 0 saturated carbocycles. The van der Waals surface area contributed by atoms with Gasteiger partial charge < -0.3 is 5.11 Å². The van der Waals surface area contributed by atoms with Crippen molar-refractivity contribution in [3.8, 4) is 11.1 Å². The second-order valence-electron chi connectivity index (χ2n) is 9.23. The fourth-order valence-corrected chi connectivity index (χ4v) is 4.86. The van der Waals surface area contributed by atoms with Gasteiger partial charge in [-0.05, 0) is 34.6 Å². The first-order chi connectivity index (χ1) is 16.5. The van der Waals surface area contributed by atoms with E-state index >= 15 is 0 Å². The number of benzene rings is 2. The summed E-state index contributed by atoms with van der Waals surface area (Å²) in [4.78, 5) is 2.17. The predicted molar refractivity (Wildman–Crippen MR) is 124 cm³/mol. The highest BCUT2D eigenvalue weighted by Gasteiger charge is 2.71. The molecule has 0 unspecified atom stereocenters. The molecule has 0 radical (unpaired) electrons. The standard InChI is InChI=1S/C24H28F6N2O3S/c1-4-18-11-16(13-32-14-17(15-32)12-31(2)36(3,34)35)5-10-21(18)19-6-8-20(9-7-19)22(33,23(25,26)27)24(28,29)30/h5-11,17,33H,4,12-15H2,1-3H3. The third kappa shape index (κ3) is 5.71. The number of alkyl halides is 6. The highest BCUT2D eigenvalue weighted by Crippen LogP contribution is 2.50. The smallest absolute Gasteiger partial charge is 0.369 e. The summed E-state index contributed by atoms with van der Waals surface area (Å²) in [5, 5.41) is 9.59. The molecular formula is C24H28F6N2O3S. The van der Waals surface area contributed by atoms with Crippen molar-refractivity contribution in [1.82, 2.24) is 9.21 Å². The molecule has 1 fully saturated rings. The molecule has 5 nitrogen and oxygen atoms in total. The van der Waals surface area contributed by atoms with Crippen molar-refractivity contribution >= 4 is 10.0 Å². The summed E-state index contributed by atoms with van der Waals surface area (Å²) in [5.74, 6) is 0.236. The maximum absolute atomic E-state index is 13.1. The molecule has 1 aliphatic rings. The molecule has 36 heavy (non-hydrogen) atoms. The summed E-state index contributed by atoms with van der Waals surface area (Å²) in [6, 6.07) is 9.15. The third-order valence-electron chi connectivity index (χ3n) is 6.51. The Morgan fingerprint density at radius 2 is 1.56 bits per heavy atom. The Morgan fingerprint density at radius 1 is 1.00 bits per heavy atom. The predicted octanol–water partition coefficient (Wildman–Crippen LogP) is 4.55. The van der Waals surface area contributed by atoms with E-state index in [-0.39, 0.29) is 5.92 Å². The lowest BCUT2D eigenvalue weighted by atomic mass is 9.89. The highest BCUT2D eigenvalue weighted by atomic mass is 32.2. The first-order valence-electron chi connectivity index (χ1n) is 11.2. The monoisotopic (exact) mass is 538 g/mol. The molecule has 12 heteroatoms. The van der Waals surface area contributed by atoms with Crippen LogP contribution in [0.2, 0.25) is 0 Å². The summed E-state index contributed by atoms with van der Waals surface area (Å²) < 4.78 is 103. The molecule has 3 rings (SSSR count). The van der Waals surface area contributed by atoms with E-state index in [2.05, 4.69) is 4.90 Å². The second-order valence-corrected chi connectivity index (χ2v) is 11.3. The molecule has 1 aliphatic heterocycles. The number of likely N-dealkylation sites (tertiary alicyclic amines) is 1. The van der Waals surface area contributed by atoms with Crippen molar-refractivity contribution < 1.29 is 39.9 Å². The number of rotatable bonds is 8. The van der Waals surface area contributed by atoms with E-state index < -0.39 is 33.5 Å². The number of aliphatic hydroxyl groups is 1. The van der Waals surface area contributed by atoms with Gasteiger partial charge in [-0.25, -0.2) is 12.7 Å². The summed E-state index contributed by atoms with van der Waals surface area (Å²) in [6.07, 6.45) is -10.1. The molecule has 1 N–H and O–H groups in total. The highest BCUT2D eigenvalue weighted by molar-refractivity contribution is 7.88. The Balaban J connectivity index is 1.74. The van der Waals surface area contributed by atoms with Gasteiger partial charge in [0.25, 0.3) is 5.60 Å². The van der Waals surface area contributed by atoms with Crippen LogP contribution in [0.3, 0.4) is 0 Å². The average Bonchev–Trinajstić information content (AvgIpc) is 2.74. The lowest BCUT2D eigenvalue weighted by molar-refractivity contribution is -0.376. The lowest BCUT2D eigenvalue weighted by Gasteiger charge is -2.40. The Labute approximate surface area is 206 Å². The molecule has 1 heterocycles. The van der Waals surface area contributed by atoms with Gasteiger partial charge in [0.15, 0.2) is 0 Å². The quantitative estimate of drug-likeness (QED) is 0.501. The molecule has 2 aromatic carbocycles. The Kier molecular flexibility index (Phi) is 7.86. The van der Waals surface area contributed by atoms with E-state index in [1.54, 1.807) is 13.1 Å². The van der Waals surface area contributed by atoms with E-state index in [0.29, 0.717) is 42.8 Å². The number of sulfonamides is 1. The molecule has 0 aromatic heterocycles. The van der Waals surface area contributed by atoms with Gasteiger partial charge in [-0.3, -0.25) is 4.90 Å². The zero-order valence-corrected chi connectivity index (χ0v) is 20.8. The van der Waals surface area contributed by atoms with Gasteiger partial charge in [-0.15, -0.1) is 0 Å². The van der Waals surface area contributed by atoms with Crippen LogP contribution in [0, 0.1) is 5.92 Å². The number of halogens is 6. The zero-order chi connectivity index (χ0) is 27.1. The van der Waals surface area contributed by atoms with Gasteiger partial charge >= 0.3 is 12.4 Å². The van der Waals surface area contributed by atoms with Crippen LogP contribution < -0.4 is 0 Å². The minimum atomic E-state index is -5.93. The van der Waals surface area contributed by atoms with Crippen LogP contribution in [-0.4, -0.2) is 68.0 Å². The van der Waals surface area contributed by atoms with E-state index in [9.17, 15) is 39.9 Å². The molecule has 1 saturated heterocycles. The topological polar surface area (TPSA) is 60.9 Å². The van der Waals surface area contributed by atoms with Gasteiger partial charge in [-0.2, -0.15) is 26.3 Å². The molecule has 0 bridgehead atoms. The van der Waals surface area contributed by atoms with Crippen LogP contribution in [0.25, 0.3) is 11.1 Å². The Hall–Kier alpha value is -2.15. The largest absolute Gasteiger partial charge is 0.430 e. The van der Waals surface area contributed by atoms with Crippen molar-refractivity contribution in [2.24, 2.45) is 5.92 Å². The van der Waals surface area contributed by atoms with Crippen LogP contribution >= 0.6 is 0 Å². The van der Waals surface area contributed by atoms with Gasteiger partial charge in [0.05, 0.1) is 6.26 Å². The zero-order valence-electron chi connectivity index (χ0n) is 20.0. The first-order valence-corrected chi connectivity index (χ1v) is 13.0. The Bertz CT molecular complexity index is 1160. The molecule has 0 amide bonds. The molecule has 0 aliphatic carbocycles. The van der Waals surface area contributed by atoms with Crippen LogP contribution in [0.4, 0.5) is 26.3 Å². The van der Waals surface area contributed by atoms with E-state index in [4.69, 9.17) is 0 Å². The molecule has 2 aromatic rings. The van der Waals surface area contributed by atoms with E-state index in [0.717, 1.165) is 42.6 Å². The van der Waals surface area contributed by atoms with Crippen LogP contribution in [0.1, 0.15) is 23.6 Å². The van der Waals surface area contributed by atoms with E-state index in [1.807, 2.05) is 19.1 Å². The average molecular weight is 539 g/mol. The van der Waals surface area contributed by atoms with Crippen molar-refractivity contribution in [3.05, 3.63) is 59.2 Å². The number of hydrogen-bond acceptors (Lipinski definition) is 4. The maximum Gasteiger partial charge on any atom is 0.430 e. The molecule has 0 spiro atoms. The van der Waals surface area contributed by atoms with Crippen LogP contribution in [0.5, 0.6) is 0 Å². The third-order valence-corrected chi connectivity index (χ3v) is 7.79. The fourth-order valence-electron chi connectivity index (χ4n) is 4.38. The molecular weight excluding hydrogens is 510 g/mol. The minimum absolute atomic E-state index is 0.236. The normalized spacial score (nSPS) is 16.4. The van der Waals surface area contributed by atoms with Crippen molar-refractivity contribution in [2.45, 2.75) is 37.8 Å². The summed E-state index contributed by atoms with van der Waals surface area (Å²) in [6.45, 7) is 4.46. The van der Waals surface area contributed by atoms with Crippen molar-refractivity contribution in [3.63, 3.8) is 0 Å². The SMILES string of the molecule is CCc1cc(CN2CC(CN(C)S(C)(=O)=O)C2)ccc1-c1ccc(C(O)(C(F)(F)F)C(F)(F)F)cc1. The van der Waals surface area contributed by atoms with Gasteiger partial charge in [-0.1, -0.05) is 49.4 Å². The number of hydrogen-bond donors (Lipinski definition) is 1. The summed E-state index contributed by atoms with van der Waals surface area (Å²) >= 11 is 0. The first kappa shape index (κ1) is 28.4. The van der Waals surface area contributed by atoms with Gasteiger partial charge in [0, 0.05) is 38.8 Å². The maximum atomic E-state index is 13.1. The Morgan fingerprint density at radius 3 is 2.03 bits per heavy atom. The number of nitrogens with zero attached hydrogens (tertiary/aromatic N) is 2. The van der Waals surface area contributed by atoms with Crippen LogP contribution in [-0.2, 0) is 28.6 Å². The minimum Gasteiger partial charge on any atom is -0.369 e. The van der Waals surface area contributed by atoms with Crippen LogP contribution in [0.15, 0.2) is 42.5 Å². The number of aryl methyl sites for hydroxylation is 1. The lowest BCUT2D eigenvalue weighted by Crippen LogP contribution is -2.53. The van der Waals surface area contributed by atoms with Crippen molar-refractivity contribution in [2.75, 3.05) is 32.9 Å². The van der Waals surface area contributed by atoms with Gasteiger partial charge in [0.1, 0.15) is 0 Å². The summed E-state index contributed by atoms with van der Waals surface area (Å²) in [5.41, 5.74) is -3.29. The second kappa shape index (κ2) is 9.96. The van der Waals surface area contributed by atoms with E-state index in [1.165, 1.54) is 4.31 Å². The summed E-state index contributed by atoms with van der Waals surface area (Å²) in [7, 11) is -1.68. The molecule has 200 valence electrons. The van der Waals surface area contributed by atoms with Crippen molar-refractivity contribution in [1.29, 1.82) is 0 Å². The fraction of sp³-hybridized carbons (Fsp3) is 0.500.